The fourth-order valence-electron chi connectivity index (χ4n) is 8.31. The Morgan fingerprint density at radius 3 is 2.12 bits per heavy atom. The molecule has 0 spiro atoms. The third kappa shape index (κ3) is 7.20. The maximum absolute atomic E-state index is 13.8. The van der Waals surface area contributed by atoms with Crippen LogP contribution in [0.1, 0.15) is 58.6 Å². The minimum absolute atomic E-state index is 0.273. The molecule has 2 atom stereocenters. The Balaban J connectivity index is 1.05. The van der Waals surface area contributed by atoms with Crippen molar-refractivity contribution >= 4 is 85.5 Å². The van der Waals surface area contributed by atoms with E-state index in [4.69, 9.17) is 12.2 Å². The van der Waals surface area contributed by atoms with Gasteiger partial charge < -0.3 is 10.0 Å². The number of thiocarbonyl (C=S) groups is 1. The molecule has 1 aliphatic carbocycles. The number of fused-ring (bicyclic) bond motifs is 3. The van der Waals surface area contributed by atoms with Crippen molar-refractivity contribution in [2.45, 2.75) is 44.3 Å². The molecule has 9 rings (SSSR count). The van der Waals surface area contributed by atoms with Crippen molar-refractivity contribution in [3.63, 3.8) is 0 Å². The number of carbonyl (C=O) groups excluding carboxylic acids is 1. The average Bonchev–Trinajstić information content (AvgIpc) is 3.98. The number of hydrogen-bond donors (Lipinski definition) is 1. The van der Waals surface area contributed by atoms with E-state index in [2.05, 4.69) is 95.9 Å². The second kappa shape index (κ2) is 15.6. The molecule has 3 heterocycles. The van der Waals surface area contributed by atoms with Crippen LogP contribution in [0.3, 0.4) is 0 Å². The van der Waals surface area contributed by atoms with Gasteiger partial charge in [0.05, 0.1) is 11.1 Å². The van der Waals surface area contributed by atoms with Crippen LogP contribution >= 0.6 is 35.3 Å². The quantitative estimate of drug-likeness (QED) is 0.116. The summed E-state index contributed by atoms with van der Waals surface area (Å²) in [5, 5.41) is 9.77. The van der Waals surface area contributed by atoms with Gasteiger partial charge in [-0.1, -0.05) is 140 Å². The van der Waals surface area contributed by atoms with Gasteiger partial charge in [0.15, 0.2) is 0 Å². The highest BCUT2D eigenvalue weighted by Crippen LogP contribution is 2.52. The number of amides is 1. The zero-order valence-electron chi connectivity index (χ0n) is 30.8. The number of anilines is 2. The van der Waals surface area contributed by atoms with Crippen LogP contribution < -0.4 is 19.7 Å². The van der Waals surface area contributed by atoms with Crippen molar-refractivity contribution in [1.29, 1.82) is 0 Å². The van der Waals surface area contributed by atoms with Gasteiger partial charge in [0, 0.05) is 23.3 Å². The van der Waals surface area contributed by atoms with Gasteiger partial charge >= 0.3 is 5.97 Å². The number of hydrogen-bond acceptors (Lipinski definition) is 7. The molecule has 7 nitrogen and oxygen atoms in total. The van der Waals surface area contributed by atoms with Gasteiger partial charge in [-0.2, -0.15) is 0 Å². The lowest BCUT2D eigenvalue weighted by Crippen LogP contribution is -2.35. The maximum atomic E-state index is 13.8. The molecule has 1 aromatic heterocycles. The number of nitrogens with zero attached hydrogens (tertiary/aromatic N) is 3. The van der Waals surface area contributed by atoms with E-state index in [9.17, 15) is 19.5 Å². The van der Waals surface area contributed by atoms with Crippen LogP contribution in [0.4, 0.5) is 11.4 Å². The van der Waals surface area contributed by atoms with E-state index in [0.29, 0.717) is 32.0 Å². The normalized spacial score (nSPS) is 18.6. The minimum Gasteiger partial charge on any atom is -0.480 e. The lowest BCUT2D eigenvalue weighted by Gasteiger charge is -2.27. The first kappa shape index (κ1) is 36.8. The summed E-state index contributed by atoms with van der Waals surface area (Å²) in [7, 11) is 0. The van der Waals surface area contributed by atoms with Gasteiger partial charge in [-0.05, 0) is 88.2 Å². The number of aromatic nitrogens is 1. The Bertz CT molecular complexity index is 2700. The monoisotopic (exact) mass is 803 g/mol. The second-order valence-corrected chi connectivity index (χ2v) is 17.1. The summed E-state index contributed by atoms with van der Waals surface area (Å²) < 4.78 is 2.24. The predicted molar refractivity (Wildman–Crippen MR) is 235 cm³/mol. The molecule has 6 aromatic rings. The predicted octanol–water partition coefficient (Wildman–Crippen LogP) is 8.37. The smallest absolute Gasteiger partial charge is 0.323 e. The van der Waals surface area contributed by atoms with E-state index in [1.165, 1.54) is 37.4 Å². The summed E-state index contributed by atoms with van der Waals surface area (Å²) in [5.74, 6) is -1.13. The molecule has 5 aromatic carbocycles. The summed E-state index contributed by atoms with van der Waals surface area (Å²) in [6, 6.07) is 46.0. The standard InChI is InChI=1S/C47H37N3O4S3/c51-42(52)29-48-44(53)41(56-46(48)43-45(54)49(47(55)57-43)28-31-11-4-1-5-12-31)27-32-21-24-40-38(26-32)36-17-10-18-39(36)50(40)35-22-19-30(20-23-35)25-37(33-13-6-2-7-14-33)34-15-8-3-9-16-34/h1-9,11-16,19-27,36,39H,10,17-18,28-29H2,(H,51,52). The lowest BCUT2D eigenvalue weighted by molar-refractivity contribution is -0.137. The van der Waals surface area contributed by atoms with E-state index in [1.54, 1.807) is 0 Å². The summed E-state index contributed by atoms with van der Waals surface area (Å²) in [6.07, 6.45) is 7.39. The van der Waals surface area contributed by atoms with Crippen LogP contribution in [-0.2, 0) is 22.7 Å². The number of rotatable bonds is 9. The van der Waals surface area contributed by atoms with E-state index < -0.39 is 18.1 Å². The highest BCUT2D eigenvalue weighted by molar-refractivity contribution is 8.30. The molecule has 1 N–H and O–H groups in total. The molecule has 3 aliphatic rings. The van der Waals surface area contributed by atoms with E-state index in [-0.39, 0.29) is 10.8 Å². The van der Waals surface area contributed by atoms with Crippen LogP contribution in [0.25, 0.3) is 22.6 Å². The summed E-state index contributed by atoms with van der Waals surface area (Å²) >= 11 is 7.84. The third-order valence-corrected chi connectivity index (χ3v) is 13.6. The van der Waals surface area contributed by atoms with Crippen molar-refractivity contribution in [3.8, 4) is 0 Å². The SMILES string of the molecule is O=C(O)Cn1c(=C2SC(=S)N(Cc3ccccc3)C2=O)sc(=Cc2ccc3c(c2)C2CCCC2N3c2ccc(C=C(c3ccccc3)c3ccccc3)cc2)c1=O. The Labute approximate surface area is 343 Å². The number of carbonyl (C=O) groups is 2. The average molecular weight is 804 g/mol. The molecule has 1 saturated carbocycles. The number of carboxylic acids is 1. The molecule has 2 aliphatic heterocycles. The molecule has 282 valence electrons. The number of carboxylic acid groups (broad SMARTS) is 1. The van der Waals surface area contributed by atoms with Crippen molar-refractivity contribution in [2.24, 2.45) is 0 Å². The number of thioether (sulfide) groups is 1. The first-order chi connectivity index (χ1) is 27.8. The maximum Gasteiger partial charge on any atom is 0.323 e. The molecule has 2 fully saturated rings. The zero-order valence-corrected chi connectivity index (χ0v) is 33.2. The Morgan fingerprint density at radius 1 is 0.807 bits per heavy atom. The first-order valence-corrected chi connectivity index (χ1v) is 21.0. The van der Waals surface area contributed by atoms with Crippen molar-refractivity contribution < 1.29 is 14.7 Å². The Hall–Kier alpha value is -5.81. The van der Waals surface area contributed by atoms with Crippen LogP contribution in [0.2, 0.25) is 0 Å². The topological polar surface area (TPSA) is 82.8 Å². The molecule has 1 amide bonds. The van der Waals surface area contributed by atoms with E-state index >= 15 is 0 Å². The zero-order chi connectivity index (χ0) is 39.0. The number of aliphatic carboxylic acids is 1. The number of thiazole rings is 1. The highest BCUT2D eigenvalue weighted by Gasteiger charge is 2.42. The second-order valence-electron chi connectivity index (χ2n) is 14.4. The third-order valence-electron chi connectivity index (χ3n) is 10.9. The Morgan fingerprint density at radius 2 is 1.46 bits per heavy atom. The summed E-state index contributed by atoms with van der Waals surface area (Å²) in [6.45, 7) is -0.264. The van der Waals surface area contributed by atoms with E-state index in [1.807, 2.05) is 54.6 Å². The molecular weight excluding hydrogens is 767 g/mol. The lowest BCUT2D eigenvalue weighted by atomic mass is 9.95. The van der Waals surface area contributed by atoms with Crippen molar-refractivity contribution in [1.82, 2.24) is 9.47 Å². The van der Waals surface area contributed by atoms with E-state index in [0.717, 1.165) is 64.7 Å². The van der Waals surface area contributed by atoms with Gasteiger partial charge in [0.25, 0.3) is 11.5 Å². The first-order valence-electron chi connectivity index (χ1n) is 18.9. The van der Waals surface area contributed by atoms with Gasteiger partial charge in [-0.15, -0.1) is 11.3 Å². The molecule has 1 saturated heterocycles. The highest BCUT2D eigenvalue weighted by atomic mass is 32.2. The minimum atomic E-state index is -1.16. The van der Waals surface area contributed by atoms with Crippen LogP contribution in [0, 0.1) is 0 Å². The largest absolute Gasteiger partial charge is 0.480 e. The van der Waals surface area contributed by atoms with Crippen molar-refractivity contribution in [3.05, 3.63) is 186 Å². The molecule has 0 radical (unpaired) electrons. The summed E-state index contributed by atoms with van der Waals surface area (Å²) in [5.41, 5.74) is 9.54. The van der Waals surface area contributed by atoms with Crippen LogP contribution in [0.15, 0.2) is 138 Å². The molecule has 10 heteroatoms. The van der Waals surface area contributed by atoms with Gasteiger partial charge in [-0.25, -0.2) is 0 Å². The molecule has 2 unspecified atom stereocenters. The van der Waals surface area contributed by atoms with Gasteiger partial charge in [0.2, 0.25) is 0 Å². The molecular formula is C47H37N3O4S3. The molecule has 0 bridgehead atoms. The van der Waals surface area contributed by atoms with Gasteiger partial charge in [0.1, 0.15) is 20.4 Å². The number of benzene rings is 5. The fourth-order valence-corrected chi connectivity index (χ4v) is 10.8. The summed E-state index contributed by atoms with van der Waals surface area (Å²) in [4.78, 5) is 43.8. The molecule has 57 heavy (non-hydrogen) atoms. The fraction of sp³-hybridized carbons (Fsp3) is 0.149. The Kier molecular flexibility index (Phi) is 10.1. The van der Waals surface area contributed by atoms with Gasteiger partial charge in [-0.3, -0.25) is 23.9 Å². The van der Waals surface area contributed by atoms with Crippen LogP contribution in [-0.4, -0.2) is 36.8 Å². The van der Waals surface area contributed by atoms with Crippen LogP contribution in [0.5, 0.6) is 0 Å². The van der Waals surface area contributed by atoms with Crippen molar-refractivity contribution in [2.75, 3.05) is 4.90 Å².